The van der Waals surface area contributed by atoms with Gasteiger partial charge in [-0.3, -0.25) is 4.79 Å². The average molecular weight is 633 g/mol. The lowest BCUT2D eigenvalue weighted by atomic mass is 10.1. The van der Waals surface area contributed by atoms with Crippen molar-refractivity contribution in [2.24, 2.45) is 0 Å². The maximum Gasteiger partial charge on any atom is 0.185 e. The van der Waals surface area contributed by atoms with Gasteiger partial charge in [0, 0.05) is 17.2 Å². The molecule has 0 radical (unpaired) electrons. The molecule has 0 aromatic heterocycles. The summed E-state index contributed by atoms with van der Waals surface area (Å²) < 4.78 is 24.6. The van der Waals surface area contributed by atoms with Gasteiger partial charge in [-0.1, -0.05) is 121 Å². The summed E-state index contributed by atoms with van der Waals surface area (Å²) in [5, 5.41) is 0. The molecule has 0 aliphatic rings. The van der Waals surface area contributed by atoms with Crippen molar-refractivity contribution in [2.45, 2.75) is 26.4 Å². The highest BCUT2D eigenvalue weighted by Gasteiger charge is 2.13. The summed E-state index contributed by atoms with van der Waals surface area (Å²) in [6, 6.07) is 50.7. The summed E-state index contributed by atoms with van der Waals surface area (Å²) in [6.45, 7) is 1.54. The highest BCUT2D eigenvalue weighted by Crippen LogP contribution is 2.31. The summed E-state index contributed by atoms with van der Waals surface area (Å²) in [4.78, 5) is 13.5. The summed E-state index contributed by atoms with van der Waals surface area (Å²) in [5.41, 5.74) is 5.41. The molecule has 6 rings (SSSR count). The number of benzene rings is 6. The van der Waals surface area contributed by atoms with E-state index in [2.05, 4.69) is 0 Å². The number of rotatable bonds is 15. The molecule has 0 heterocycles. The molecule has 0 unspecified atom stereocenters. The van der Waals surface area contributed by atoms with Gasteiger partial charge in [0.15, 0.2) is 17.3 Å². The van der Waals surface area contributed by atoms with Gasteiger partial charge in [0.05, 0.1) is 0 Å². The smallest absolute Gasteiger partial charge is 0.185 e. The third kappa shape index (κ3) is 9.24. The Morgan fingerprint density at radius 3 is 1.42 bits per heavy atom. The summed E-state index contributed by atoms with van der Waals surface area (Å²) in [5.74, 6) is 2.19. The van der Waals surface area contributed by atoms with Gasteiger partial charge >= 0.3 is 0 Å². The number of carbonyl (C=O) groups excluding carboxylic acids is 1. The van der Waals surface area contributed by atoms with Crippen LogP contribution in [0.2, 0.25) is 0 Å². The zero-order valence-electron chi connectivity index (χ0n) is 26.5. The van der Waals surface area contributed by atoms with Crippen LogP contribution in [0.5, 0.6) is 23.0 Å². The van der Waals surface area contributed by atoms with Crippen LogP contribution in [0.1, 0.15) is 38.2 Å². The third-order valence-corrected chi connectivity index (χ3v) is 7.59. The molecule has 0 amide bonds. The fraction of sp³-hybridized carbons (Fsp3) is 0.0930. The van der Waals surface area contributed by atoms with Crippen LogP contribution < -0.4 is 18.9 Å². The molecule has 0 atom stereocenters. The van der Waals surface area contributed by atoms with Crippen molar-refractivity contribution < 1.29 is 23.7 Å². The second-order valence-corrected chi connectivity index (χ2v) is 11.2. The van der Waals surface area contributed by atoms with Crippen LogP contribution in [0.15, 0.2) is 164 Å². The molecule has 0 aliphatic heterocycles. The van der Waals surface area contributed by atoms with E-state index in [1.165, 1.54) is 0 Å². The normalized spacial score (nSPS) is 10.8. The van der Waals surface area contributed by atoms with E-state index in [1.807, 2.05) is 140 Å². The minimum atomic E-state index is -0.174. The zero-order chi connectivity index (χ0) is 32.8. The van der Waals surface area contributed by atoms with Crippen molar-refractivity contribution in [3.05, 3.63) is 197 Å². The minimum absolute atomic E-state index is 0.174. The monoisotopic (exact) mass is 632 g/mol. The minimum Gasteiger partial charge on any atom is -0.489 e. The van der Waals surface area contributed by atoms with E-state index in [4.69, 9.17) is 18.9 Å². The largest absolute Gasteiger partial charge is 0.489 e. The molecule has 0 bridgehead atoms. The molecule has 238 valence electrons. The Bertz CT molecular complexity index is 1920. The molecule has 0 saturated heterocycles. The number of carbonyl (C=O) groups is 1. The molecular formula is C43H36O5. The van der Waals surface area contributed by atoms with E-state index < -0.39 is 0 Å². The summed E-state index contributed by atoms with van der Waals surface area (Å²) >= 11 is 0. The Labute approximate surface area is 281 Å². The standard InChI is InChI=1S/C43H36O5/c44-40(38-23-26-41(46-30-34-15-7-2-8-16-34)43(27-38)48-32-36-19-11-4-12-20-36)25-22-37-21-24-39(45-29-33-13-5-1-6-14-33)28-42(37)47-31-35-17-9-3-10-18-35/h1-28H,29-32H2/b25-22+. The first-order chi connectivity index (χ1) is 23.7. The molecule has 0 aliphatic carbocycles. The van der Waals surface area contributed by atoms with Gasteiger partial charge in [0.25, 0.3) is 0 Å². The maximum absolute atomic E-state index is 13.5. The molecule has 0 spiro atoms. The molecule has 0 fully saturated rings. The number of hydrogen-bond donors (Lipinski definition) is 0. The van der Waals surface area contributed by atoms with Crippen LogP contribution in [0.25, 0.3) is 6.08 Å². The fourth-order valence-electron chi connectivity index (χ4n) is 4.97. The summed E-state index contributed by atoms with van der Waals surface area (Å²) in [6.07, 6.45) is 3.32. The van der Waals surface area contributed by atoms with Crippen LogP contribution in [-0.4, -0.2) is 5.78 Å². The third-order valence-electron chi connectivity index (χ3n) is 7.59. The molecule has 48 heavy (non-hydrogen) atoms. The number of hydrogen-bond acceptors (Lipinski definition) is 5. The zero-order valence-corrected chi connectivity index (χ0v) is 26.5. The Kier molecular flexibility index (Phi) is 10.9. The van der Waals surface area contributed by atoms with Gasteiger partial charge in [0.1, 0.15) is 37.9 Å². The number of allylic oxidation sites excluding steroid dienone is 1. The van der Waals surface area contributed by atoms with Gasteiger partial charge in [-0.25, -0.2) is 0 Å². The number of ether oxygens (including phenoxy) is 4. The lowest BCUT2D eigenvalue weighted by Gasteiger charge is -2.14. The van der Waals surface area contributed by atoms with Crippen molar-refractivity contribution in [3.63, 3.8) is 0 Å². The van der Waals surface area contributed by atoms with E-state index in [0.29, 0.717) is 55.0 Å². The molecule has 0 N–H and O–H groups in total. The van der Waals surface area contributed by atoms with Crippen LogP contribution in [0.4, 0.5) is 0 Å². The lowest BCUT2D eigenvalue weighted by Crippen LogP contribution is -2.03. The maximum atomic E-state index is 13.5. The molecular weight excluding hydrogens is 596 g/mol. The predicted octanol–water partition coefficient (Wildman–Crippen LogP) is 9.90. The Balaban J connectivity index is 1.20. The Morgan fingerprint density at radius 1 is 0.438 bits per heavy atom. The van der Waals surface area contributed by atoms with Crippen LogP contribution in [0, 0.1) is 0 Å². The molecule has 0 saturated carbocycles. The first kappa shape index (κ1) is 31.9. The highest BCUT2D eigenvalue weighted by atomic mass is 16.5. The number of ketones is 1. The first-order valence-electron chi connectivity index (χ1n) is 15.9. The second-order valence-electron chi connectivity index (χ2n) is 11.2. The SMILES string of the molecule is O=C(/C=C/c1ccc(OCc2ccccc2)cc1OCc1ccccc1)c1ccc(OCc2ccccc2)c(OCc2ccccc2)c1. The van der Waals surface area contributed by atoms with Crippen molar-refractivity contribution in [1.29, 1.82) is 0 Å². The fourth-order valence-corrected chi connectivity index (χ4v) is 4.97. The lowest BCUT2D eigenvalue weighted by molar-refractivity contribution is 0.104. The highest BCUT2D eigenvalue weighted by molar-refractivity contribution is 6.07. The summed E-state index contributed by atoms with van der Waals surface area (Å²) in [7, 11) is 0. The molecule has 6 aromatic rings. The van der Waals surface area contributed by atoms with E-state index in [1.54, 1.807) is 30.4 Å². The van der Waals surface area contributed by atoms with Crippen molar-refractivity contribution in [1.82, 2.24) is 0 Å². The van der Waals surface area contributed by atoms with Gasteiger partial charge in [-0.05, 0) is 64.7 Å². The Morgan fingerprint density at radius 2 is 0.896 bits per heavy atom. The second kappa shape index (κ2) is 16.5. The van der Waals surface area contributed by atoms with E-state index in [0.717, 1.165) is 27.8 Å². The van der Waals surface area contributed by atoms with Crippen LogP contribution >= 0.6 is 0 Å². The van der Waals surface area contributed by atoms with Gasteiger partial charge in [-0.15, -0.1) is 0 Å². The van der Waals surface area contributed by atoms with E-state index >= 15 is 0 Å². The quantitative estimate of drug-likeness (QED) is 0.0833. The van der Waals surface area contributed by atoms with Gasteiger partial charge < -0.3 is 18.9 Å². The average Bonchev–Trinajstić information content (AvgIpc) is 3.15. The van der Waals surface area contributed by atoms with Crippen molar-refractivity contribution in [3.8, 4) is 23.0 Å². The van der Waals surface area contributed by atoms with E-state index in [9.17, 15) is 4.79 Å². The van der Waals surface area contributed by atoms with Crippen LogP contribution in [-0.2, 0) is 26.4 Å². The van der Waals surface area contributed by atoms with Gasteiger partial charge in [0.2, 0.25) is 0 Å². The van der Waals surface area contributed by atoms with Crippen LogP contribution in [0.3, 0.4) is 0 Å². The molecule has 5 heteroatoms. The predicted molar refractivity (Wildman–Crippen MR) is 189 cm³/mol. The topological polar surface area (TPSA) is 54.0 Å². The van der Waals surface area contributed by atoms with Crippen molar-refractivity contribution in [2.75, 3.05) is 0 Å². The molecule has 5 nitrogen and oxygen atoms in total. The van der Waals surface area contributed by atoms with Gasteiger partial charge in [-0.2, -0.15) is 0 Å². The molecule has 6 aromatic carbocycles. The Hall–Kier alpha value is -6.07. The van der Waals surface area contributed by atoms with Crippen molar-refractivity contribution >= 4 is 11.9 Å². The van der Waals surface area contributed by atoms with E-state index in [-0.39, 0.29) is 5.78 Å². The first-order valence-corrected chi connectivity index (χ1v) is 15.9.